The van der Waals surface area contributed by atoms with Crippen LogP contribution in [0, 0.1) is 6.92 Å². The lowest BCUT2D eigenvalue weighted by atomic mass is 10.0. The average molecular weight is 404 g/mol. The number of nitrogens with zero attached hydrogens (tertiary/aromatic N) is 1. The number of benzene rings is 2. The van der Waals surface area contributed by atoms with Crippen molar-refractivity contribution in [1.29, 1.82) is 0 Å². The van der Waals surface area contributed by atoms with Crippen molar-refractivity contribution >= 4 is 44.0 Å². The Hall–Kier alpha value is -2.31. The van der Waals surface area contributed by atoms with Gasteiger partial charge in [0, 0.05) is 34.5 Å². The molecule has 0 radical (unpaired) electrons. The van der Waals surface area contributed by atoms with E-state index in [1.807, 2.05) is 6.92 Å². The lowest BCUT2D eigenvalue weighted by molar-refractivity contribution is 0.0959. The number of sulfone groups is 1. The van der Waals surface area contributed by atoms with E-state index < -0.39 is 9.84 Å². The largest absolute Gasteiger partial charge is 0.451 e. The second-order valence-corrected chi connectivity index (χ2v) is 9.27. The van der Waals surface area contributed by atoms with E-state index in [9.17, 15) is 13.2 Å². The fourth-order valence-electron chi connectivity index (χ4n) is 3.53. The quantitative estimate of drug-likeness (QED) is 0.636. The van der Waals surface area contributed by atoms with Gasteiger partial charge in [-0.25, -0.2) is 8.42 Å². The number of carbonyl (C=O) groups excluding carboxylic acids is 1. The van der Waals surface area contributed by atoms with Gasteiger partial charge >= 0.3 is 0 Å². The van der Waals surface area contributed by atoms with Crippen molar-refractivity contribution in [2.75, 3.05) is 17.7 Å². The molecular formula is C20H18ClNO4S. The number of hydrogen-bond donors (Lipinski definition) is 0. The summed E-state index contributed by atoms with van der Waals surface area (Å²) < 4.78 is 29.5. The van der Waals surface area contributed by atoms with Crippen LogP contribution < -0.4 is 4.90 Å². The first kappa shape index (κ1) is 18.1. The summed E-state index contributed by atoms with van der Waals surface area (Å²) in [5.41, 5.74) is 2.95. The molecule has 1 aliphatic rings. The van der Waals surface area contributed by atoms with Crippen LogP contribution in [0.1, 0.15) is 28.1 Å². The third-order valence-electron chi connectivity index (χ3n) is 4.94. The Morgan fingerprint density at radius 2 is 1.96 bits per heavy atom. The molecule has 0 unspecified atom stereocenters. The molecule has 0 atom stereocenters. The summed E-state index contributed by atoms with van der Waals surface area (Å²) in [6.45, 7) is 2.40. The summed E-state index contributed by atoms with van der Waals surface area (Å²) >= 11 is 6.06. The molecule has 27 heavy (non-hydrogen) atoms. The summed E-state index contributed by atoms with van der Waals surface area (Å²) in [7, 11) is -3.29. The molecule has 0 N–H and O–H groups in total. The monoisotopic (exact) mass is 403 g/mol. The van der Waals surface area contributed by atoms with Gasteiger partial charge < -0.3 is 9.32 Å². The molecule has 0 bridgehead atoms. The first-order chi connectivity index (χ1) is 12.8. The molecule has 0 spiro atoms. The summed E-state index contributed by atoms with van der Waals surface area (Å²) in [5.74, 6) is 0.0557. The Kier molecular flexibility index (Phi) is 4.28. The molecule has 0 aliphatic carbocycles. The van der Waals surface area contributed by atoms with Crippen LogP contribution in [0.15, 0.2) is 45.7 Å². The zero-order chi connectivity index (χ0) is 19.3. The number of aryl methyl sites for hydroxylation is 2. The van der Waals surface area contributed by atoms with E-state index in [2.05, 4.69) is 0 Å². The highest BCUT2D eigenvalue weighted by Crippen LogP contribution is 2.33. The third-order valence-corrected chi connectivity index (χ3v) is 6.28. The second-order valence-electron chi connectivity index (χ2n) is 6.82. The summed E-state index contributed by atoms with van der Waals surface area (Å²) in [6.07, 6.45) is 2.68. The Morgan fingerprint density at radius 3 is 2.70 bits per heavy atom. The minimum Gasteiger partial charge on any atom is -0.451 e. The molecule has 0 fully saturated rings. The summed E-state index contributed by atoms with van der Waals surface area (Å²) in [6, 6.07) is 10.2. The number of carbonyl (C=O) groups is 1. The van der Waals surface area contributed by atoms with E-state index in [1.165, 1.54) is 6.26 Å². The molecule has 5 nitrogen and oxygen atoms in total. The normalized spacial score (nSPS) is 14.4. The van der Waals surface area contributed by atoms with Gasteiger partial charge in [-0.3, -0.25) is 4.79 Å². The molecule has 140 valence electrons. The minimum absolute atomic E-state index is 0.229. The Labute approximate surface area is 162 Å². The highest BCUT2D eigenvalue weighted by molar-refractivity contribution is 7.90. The third kappa shape index (κ3) is 3.13. The van der Waals surface area contributed by atoms with Crippen molar-refractivity contribution in [3.8, 4) is 0 Å². The van der Waals surface area contributed by atoms with Crippen molar-refractivity contribution in [2.24, 2.45) is 0 Å². The van der Waals surface area contributed by atoms with Gasteiger partial charge in [0.1, 0.15) is 5.58 Å². The highest BCUT2D eigenvalue weighted by Gasteiger charge is 2.28. The molecular weight excluding hydrogens is 386 g/mol. The first-order valence-corrected chi connectivity index (χ1v) is 10.9. The number of rotatable bonds is 2. The molecule has 2 heterocycles. The number of halogens is 1. The fraction of sp³-hybridized carbons (Fsp3) is 0.250. The zero-order valence-corrected chi connectivity index (χ0v) is 16.5. The van der Waals surface area contributed by atoms with Crippen LogP contribution in [0.4, 0.5) is 5.69 Å². The van der Waals surface area contributed by atoms with Gasteiger partial charge in [-0.15, -0.1) is 0 Å². The van der Waals surface area contributed by atoms with E-state index in [0.29, 0.717) is 17.2 Å². The number of amides is 1. The van der Waals surface area contributed by atoms with E-state index in [-0.39, 0.29) is 16.6 Å². The van der Waals surface area contributed by atoms with Gasteiger partial charge in [-0.05, 0) is 61.7 Å². The van der Waals surface area contributed by atoms with Crippen molar-refractivity contribution in [3.05, 3.63) is 58.3 Å². The van der Waals surface area contributed by atoms with Gasteiger partial charge in [0.2, 0.25) is 0 Å². The predicted molar refractivity (Wildman–Crippen MR) is 106 cm³/mol. The van der Waals surface area contributed by atoms with E-state index in [0.717, 1.165) is 35.0 Å². The topological polar surface area (TPSA) is 67.6 Å². The van der Waals surface area contributed by atoms with Gasteiger partial charge in [0.15, 0.2) is 15.6 Å². The molecule has 7 heteroatoms. The molecule has 3 aromatic rings. The van der Waals surface area contributed by atoms with Crippen LogP contribution in [0.25, 0.3) is 11.0 Å². The maximum Gasteiger partial charge on any atom is 0.294 e. The standard InChI is InChI=1S/C20H18ClNO4S/c1-12-16-11-14(21)5-8-18(16)26-19(12)20(23)22-9-3-4-13-10-15(27(2,24)25)6-7-17(13)22/h5-8,10-11H,3-4,9H2,1-2H3. The number of hydrogen-bond acceptors (Lipinski definition) is 4. The Bertz CT molecular complexity index is 1180. The summed E-state index contributed by atoms with van der Waals surface area (Å²) in [5, 5.41) is 1.40. The number of furan rings is 1. The summed E-state index contributed by atoms with van der Waals surface area (Å²) in [4.78, 5) is 15.1. The van der Waals surface area contributed by atoms with Crippen molar-refractivity contribution in [2.45, 2.75) is 24.7 Å². The number of anilines is 1. The average Bonchev–Trinajstić information content (AvgIpc) is 2.95. The van der Waals surface area contributed by atoms with E-state index in [1.54, 1.807) is 41.3 Å². The van der Waals surface area contributed by atoms with Gasteiger partial charge in [0.25, 0.3) is 5.91 Å². The lowest BCUT2D eigenvalue weighted by Gasteiger charge is -2.29. The minimum atomic E-state index is -3.29. The molecule has 4 rings (SSSR count). The van der Waals surface area contributed by atoms with Gasteiger partial charge in [-0.2, -0.15) is 0 Å². The van der Waals surface area contributed by atoms with Crippen LogP contribution in [-0.4, -0.2) is 27.1 Å². The SMILES string of the molecule is Cc1c(C(=O)N2CCCc3cc(S(C)(=O)=O)ccc32)oc2ccc(Cl)cc12. The van der Waals surface area contributed by atoms with Crippen LogP contribution in [0.3, 0.4) is 0 Å². The molecule has 1 aromatic heterocycles. The van der Waals surface area contributed by atoms with Crippen molar-refractivity contribution in [1.82, 2.24) is 0 Å². The van der Waals surface area contributed by atoms with Crippen LogP contribution in [0.5, 0.6) is 0 Å². The van der Waals surface area contributed by atoms with Crippen LogP contribution in [0.2, 0.25) is 5.02 Å². The highest BCUT2D eigenvalue weighted by atomic mass is 35.5. The van der Waals surface area contributed by atoms with E-state index in [4.69, 9.17) is 16.0 Å². The van der Waals surface area contributed by atoms with Gasteiger partial charge in [-0.1, -0.05) is 11.6 Å². The van der Waals surface area contributed by atoms with Crippen LogP contribution in [-0.2, 0) is 16.3 Å². The second kappa shape index (κ2) is 6.39. The Balaban J connectivity index is 1.77. The molecule has 0 saturated carbocycles. The van der Waals surface area contributed by atoms with Crippen molar-refractivity contribution in [3.63, 3.8) is 0 Å². The molecule has 1 amide bonds. The molecule has 2 aromatic carbocycles. The zero-order valence-electron chi connectivity index (χ0n) is 15.0. The lowest BCUT2D eigenvalue weighted by Crippen LogP contribution is -2.35. The van der Waals surface area contributed by atoms with Gasteiger partial charge in [0.05, 0.1) is 4.90 Å². The fourth-order valence-corrected chi connectivity index (χ4v) is 4.38. The van der Waals surface area contributed by atoms with Crippen LogP contribution >= 0.6 is 11.6 Å². The maximum atomic E-state index is 13.2. The smallest absolute Gasteiger partial charge is 0.294 e. The molecule has 1 aliphatic heterocycles. The van der Waals surface area contributed by atoms with E-state index >= 15 is 0 Å². The van der Waals surface area contributed by atoms with Crippen molar-refractivity contribution < 1.29 is 17.6 Å². The predicted octanol–water partition coefficient (Wildman–Crippen LogP) is 4.39. The first-order valence-electron chi connectivity index (χ1n) is 8.59. The molecule has 0 saturated heterocycles. The Morgan fingerprint density at radius 1 is 1.19 bits per heavy atom. The number of fused-ring (bicyclic) bond motifs is 2. The maximum absolute atomic E-state index is 13.2.